The topological polar surface area (TPSA) is 131 Å². The summed E-state index contributed by atoms with van der Waals surface area (Å²) in [6.45, 7) is 1.65. The minimum atomic E-state index is -1.26. The van der Waals surface area contributed by atoms with Crippen molar-refractivity contribution in [2.75, 3.05) is 26.9 Å². The minimum absolute atomic E-state index is 0.426. The fraction of sp³-hybridized carbons (Fsp3) is 0.389. The molecule has 0 aliphatic heterocycles. The molecular weight excluding hydrogens is 376 g/mol. The maximum Gasteiger partial charge on any atom is 0.328 e. The van der Waals surface area contributed by atoms with Crippen LogP contribution in [0.5, 0.6) is 0 Å². The lowest BCUT2D eigenvalue weighted by molar-refractivity contribution is -0.134. The summed E-state index contributed by atoms with van der Waals surface area (Å²) in [4.78, 5) is 24.3. The Morgan fingerprint density at radius 2 is 1.70 bits per heavy atom. The average Bonchev–Trinajstić information content (AvgIpc) is 2.63. The second-order valence-corrected chi connectivity index (χ2v) is 5.56. The van der Waals surface area contributed by atoms with Crippen molar-refractivity contribution in [3.8, 4) is 0 Å². The Hall–Kier alpha value is -2.42. The number of carboxylic acid groups (broad SMARTS) is 2. The average molecular weight is 401 g/mol. The number of nitrogens with zero attached hydrogens (tertiary/aromatic N) is 1. The summed E-state index contributed by atoms with van der Waals surface area (Å²) in [6.07, 6.45) is 3.96. The van der Waals surface area contributed by atoms with E-state index in [9.17, 15) is 9.59 Å². The number of rotatable bonds is 11. The van der Waals surface area contributed by atoms with E-state index in [1.807, 2.05) is 24.3 Å². The van der Waals surface area contributed by atoms with Crippen LogP contribution in [0.3, 0.4) is 0 Å². The SMILES string of the molecule is COCCCCC(=NOCCN)c1ccc(Cl)cc1.O=C(O)C=CC(=O)O. The van der Waals surface area contributed by atoms with Gasteiger partial charge in [0.1, 0.15) is 6.61 Å². The first kappa shape index (κ1) is 24.6. The molecule has 0 bridgehead atoms. The first-order valence-corrected chi connectivity index (χ1v) is 8.56. The third kappa shape index (κ3) is 14.4. The smallest absolute Gasteiger partial charge is 0.328 e. The van der Waals surface area contributed by atoms with Crippen molar-refractivity contribution in [2.24, 2.45) is 10.9 Å². The van der Waals surface area contributed by atoms with Gasteiger partial charge >= 0.3 is 11.9 Å². The zero-order valence-corrected chi connectivity index (χ0v) is 15.9. The van der Waals surface area contributed by atoms with Gasteiger partial charge in [-0.15, -0.1) is 0 Å². The number of unbranched alkanes of at least 4 members (excludes halogenated alkanes) is 1. The molecule has 0 saturated carbocycles. The summed E-state index contributed by atoms with van der Waals surface area (Å²) in [7, 11) is 1.71. The highest BCUT2D eigenvalue weighted by molar-refractivity contribution is 6.30. The molecule has 0 spiro atoms. The van der Waals surface area contributed by atoms with Gasteiger partial charge in [-0.1, -0.05) is 28.9 Å². The van der Waals surface area contributed by atoms with Gasteiger partial charge in [-0.2, -0.15) is 0 Å². The van der Waals surface area contributed by atoms with Crippen LogP contribution in [-0.2, 0) is 19.2 Å². The Bertz CT molecular complexity index is 601. The molecule has 0 aliphatic carbocycles. The molecule has 1 aromatic carbocycles. The number of benzene rings is 1. The Morgan fingerprint density at radius 3 is 2.19 bits per heavy atom. The van der Waals surface area contributed by atoms with E-state index in [1.165, 1.54) is 0 Å². The standard InChI is InChI=1S/C14H21ClN2O2.C4H4O4/c1-18-10-3-2-4-14(17-19-11-9-16)12-5-7-13(15)8-6-12;5-3(6)1-2-4(7)8/h5-8H,2-4,9-11,16H2,1H3;1-2H,(H,5,6)(H,7,8). The number of nitrogens with two attached hydrogens (primary N) is 1. The van der Waals surface area contributed by atoms with Crippen molar-refractivity contribution < 1.29 is 29.4 Å². The molecule has 0 saturated heterocycles. The van der Waals surface area contributed by atoms with Crippen LogP contribution in [0.25, 0.3) is 0 Å². The van der Waals surface area contributed by atoms with Gasteiger partial charge in [0.25, 0.3) is 0 Å². The highest BCUT2D eigenvalue weighted by atomic mass is 35.5. The van der Waals surface area contributed by atoms with E-state index in [-0.39, 0.29) is 0 Å². The van der Waals surface area contributed by atoms with E-state index in [2.05, 4.69) is 5.16 Å². The molecule has 8 nitrogen and oxygen atoms in total. The van der Waals surface area contributed by atoms with Crippen molar-refractivity contribution in [2.45, 2.75) is 19.3 Å². The van der Waals surface area contributed by atoms with Crippen LogP contribution >= 0.6 is 11.6 Å². The highest BCUT2D eigenvalue weighted by Gasteiger charge is 2.05. The summed E-state index contributed by atoms with van der Waals surface area (Å²) in [6, 6.07) is 7.60. The predicted molar refractivity (Wildman–Crippen MR) is 103 cm³/mol. The van der Waals surface area contributed by atoms with Crippen molar-refractivity contribution in [3.63, 3.8) is 0 Å². The van der Waals surface area contributed by atoms with E-state index < -0.39 is 11.9 Å². The molecule has 0 heterocycles. The van der Waals surface area contributed by atoms with Crippen LogP contribution in [-0.4, -0.2) is 54.7 Å². The quantitative estimate of drug-likeness (QED) is 0.225. The third-order valence-corrected chi connectivity index (χ3v) is 3.19. The zero-order valence-electron chi connectivity index (χ0n) is 15.1. The Kier molecular flexibility index (Phi) is 14.4. The molecule has 0 radical (unpaired) electrons. The second kappa shape index (κ2) is 15.8. The van der Waals surface area contributed by atoms with E-state index in [1.54, 1.807) is 7.11 Å². The van der Waals surface area contributed by atoms with Gasteiger partial charge in [0.15, 0.2) is 0 Å². The lowest BCUT2D eigenvalue weighted by Gasteiger charge is -2.07. The Balaban J connectivity index is 0.000000713. The maximum atomic E-state index is 9.55. The van der Waals surface area contributed by atoms with Gasteiger partial charge in [0.05, 0.1) is 5.71 Å². The van der Waals surface area contributed by atoms with Crippen molar-refractivity contribution in [3.05, 3.63) is 47.0 Å². The Labute approximate surface area is 163 Å². The molecular formula is C18H25ClN2O6. The number of oxime groups is 1. The molecule has 0 fully saturated rings. The summed E-state index contributed by atoms with van der Waals surface area (Å²) < 4.78 is 5.04. The number of aliphatic carboxylic acids is 2. The normalized spacial score (nSPS) is 11.0. The van der Waals surface area contributed by atoms with Gasteiger partial charge in [0, 0.05) is 37.4 Å². The second-order valence-electron chi connectivity index (χ2n) is 5.13. The highest BCUT2D eigenvalue weighted by Crippen LogP contribution is 2.13. The molecule has 0 unspecified atom stereocenters. The van der Waals surface area contributed by atoms with Crippen molar-refractivity contribution in [1.29, 1.82) is 0 Å². The van der Waals surface area contributed by atoms with E-state index in [0.717, 1.165) is 37.1 Å². The van der Waals surface area contributed by atoms with Crippen LogP contribution in [0.4, 0.5) is 0 Å². The lowest BCUT2D eigenvalue weighted by Crippen LogP contribution is -2.08. The largest absolute Gasteiger partial charge is 0.478 e. The van der Waals surface area contributed by atoms with Crippen LogP contribution in [0.15, 0.2) is 41.6 Å². The zero-order chi connectivity index (χ0) is 20.5. The third-order valence-electron chi connectivity index (χ3n) is 2.94. The van der Waals surface area contributed by atoms with Crippen molar-refractivity contribution >= 4 is 29.3 Å². The predicted octanol–water partition coefficient (Wildman–Crippen LogP) is 2.55. The first-order valence-electron chi connectivity index (χ1n) is 8.18. The molecule has 9 heteroatoms. The number of halogens is 1. The molecule has 0 aliphatic rings. The van der Waals surface area contributed by atoms with Gasteiger partial charge in [-0.25, -0.2) is 9.59 Å². The fourth-order valence-corrected chi connectivity index (χ4v) is 1.87. The summed E-state index contributed by atoms with van der Waals surface area (Å²) in [5.41, 5.74) is 7.33. The molecule has 0 aromatic heterocycles. The van der Waals surface area contributed by atoms with E-state index in [0.29, 0.717) is 30.3 Å². The number of hydrogen-bond acceptors (Lipinski definition) is 6. The number of hydrogen-bond donors (Lipinski definition) is 3. The number of ether oxygens (including phenoxy) is 1. The number of carbonyl (C=O) groups is 2. The molecule has 4 N–H and O–H groups in total. The molecule has 0 amide bonds. The summed E-state index contributed by atoms with van der Waals surface area (Å²) in [5, 5.41) is 20.5. The van der Waals surface area contributed by atoms with Crippen LogP contribution in [0.1, 0.15) is 24.8 Å². The van der Waals surface area contributed by atoms with Gasteiger partial charge < -0.3 is 25.5 Å². The van der Waals surface area contributed by atoms with Gasteiger partial charge in [-0.3, -0.25) is 0 Å². The van der Waals surface area contributed by atoms with E-state index in [4.69, 9.17) is 37.1 Å². The van der Waals surface area contributed by atoms with Crippen molar-refractivity contribution in [1.82, 2.24) is 0 Å². The van der Waals surface area contributed by atoms with Gasteiger partial charge in [-0.05, 0) is 37.0 Å². The summed E-state index contributed by atoms with van der Waals surface area (Å²) in [5.74, 6) is -2.51. The molecule has 1 rings (SSSR count). The monoisotopic (exact) mass is 400 g/mol. The molecule has 0 atom stereocenters. The first-order chi connectivity index (χ1) is 12.9. The van der Waals surface area contributed by atoms with Crippen LogP contribution in [0, 0.1) is 0 Å². The Morgan fingerprint density at radius 1 is 1.11 bits per heavy atom. The number of carboxylic acids is 2. The lowest BCUT2D eigenvalue weighted by atomic mass is 10.1. The molecule has 1 aromatic rings. The fourth-order valence-electron chi connectivity index (χ4n) is 1.74. The number of methoxy groups -OCH3 is 1. The molecule has 27 heavy (non-hydrogen) atoms. The van der Waals surface area contributed by atoms with Gasteiger partial charge in [0.2, 0.25) is 0 Å². The maximum absolute atomic E-state index is 9.55. The summed E-state index contributed by atoms with van der Waals surface area (Å²) >= 11 is 5.88. The minimum Gasteiger partial charge on any atom is -0.478 e. The molecule has 150 valence electrons. The van der Waals surface area contributed by atoms with E-state index >= 15 is 0 Å². The van der Waals surface area contributed by atoms with Crippen LogP contribution in [0.2, 0.25) is 5.02 Å². The van der Waals surface area contributed by atoms with Crippen LogP contribution < -0.4 is 5.73 Å².